The van der Waals surface area contributed by atoms with Crippen molar-refractivity contribution >= 4 is 23.4 Å². The first kappa shape index (κ1) is 17.3. The van der Waals surface area contributed by atoms with Crippen molar-refractivity contribution in [1.82, 2.24) is 4.90 Å². The zero-order chi connectivity index (χ0) is 16.1. The van der Waals surface area contributed by atoms with Gasteiger partial charge in [-0.05, 0) is 31.0 Å². The smallest absolute Gasteiger partial charge is 0.228 e. The molecule has 1 aliphatic rings. The lowest BCUT2D eigenvalue weighted by Crippen LogP contribution is -2.34. The summed E-state index contributed by atoms with van der Waals surface area (Å²) in [4.78, 5) is 14.7. The summed E-state index contributed by atoms with van der Waals surface area (Å²) in [6, 6.07) is 6.00. The second kappa shape index (κ2) is 7.99. The Morgan fingerprint density at radius 2 is 2.05 bits per heavy atom. The Balaban J connectivity index is 2.06. The van der Waals surface area contributed by atoms with Crippen LogP contribution in [0, 0.1) is 12.8 Å². The van der Waals surface area contributed by atoms with E-state index in [1.807, 2.05) is 37.7 Å². The van der Waals surface area contributed by atoms with Crippen LogP contribution in [0.3, 0.4) is 0 Å². The molecule has 1 heterocycles. The van der Waals surface area contributed by atoms with Crippen LogP contribution in [0.15, 0.2) is 18.2 Å². The maximum Gasteiger partial charge on any atom is 0.228 e. The molecule has 5 heteroatoms. The molecule has 1 fully saturated rings. The van der Waals surface area contributed by atoms with E-state index < -0.39 is 0 Å². The molecule has 2 rings (SSSR count). The molecule has 0 aromatic heterocycles. The van der Waals surface area contributed by atoms with Crippen molar-refractivity contribution in [2.45, 2.75) is 33.4 Å². The van der Waals surface area contributed by atoms with Gasteiger partial charge >= 0.3 is 0 Å². The molecule has 2 unspecified atom stereocenters. The molecule has 122 valence electrons. The molecule has 0 aliphatic carbocycles. The van der Waals surface area contributed by atoms with Gasteiger partial charge in [-0.1, -0.05) is 19.1 Å². The lowest BCUT2D eigenvalue weighted by Gasteiger charge is -2.27. The molecular weight excluding hydrogens is 294 g/mol. The van der Waals surface area contributed by atoms with Crippen molar-refractivity contribution in [2.24, 2.45) is 11.7 Å². The standard InChI is InChI=1S/C17H27N3OS/c1-12(14(3)18)17(21)19-16-6-4-5-15(13(16)2)11-20-7-9-22-10-8-20/h4-6,12,14H,7-11,18H2,1-3H3,(H,19,21). The third-order valence-electron chi connectivity index (χ3n) is 4.40. The molecule has 2 atom stereocenters. The second-order valence-electron chi connectivity index (χ2n) is 6.12. The largest absolute Gasteiger partial charge is 0.327 e. The summed E-state index contributed by atoms with van der Waals surface area (Å²) >= 11 is 2.02. The van der Waals surface area contributed by atoms with Crippen molar-refractivity contribution < 1.29 is 4.79 Å². The van der Waals surface area contributed by atoms with Gasteiger partial charge in [-0.15, -0.1) is 0 Å². The molecule has 1 aliphatic heterocycles. The van der Waals surface area contributed by atoms with Gasteiger partial charge in [-0.25, -0.2) is 0 Å². The van der Waals surface area contributed by atoms with Gasteiger partial charge in [0.15, 0.2) is 0 Å². The Hall–Kier alpha value is -1.04. The first-order valence-electron chi connectivity index (χ1n) is 7.94. The fourth-order valence-electron chi connectivity index (χ4n) is 2.48. The molecule has 22 heavy (non-hydrogen) atoms. The molecule has 0 spiro atoms. The number of carbonyl (C=O) groups excluding carboxylic acids is 1. The van der Waals surface area contributed by atoms with E-state index in [1.165, 1.54) is 17.1 Å². The number of anilines is 1. The van der Waals surface area contributed by atoms with Crippen molar-refractivity contribution in [2.75, 3.05) is 29.9 Å². The van der Waals surface area contributed by atoms with Crippen LogP contribution in [0.5, 0.6) is 0 Å². The van der Waals surface area contributed by atoms with E-state index >= 15 is 0 Å². The zero-order valence-electron chi connectivity index (χ0n) is 13.8. The Morgan fingerprint density at radius 1 is 1.36 bits per heavy atom. The second-order valence-corrected chi connectivity index (χ2v) is 7.34. The molecule has 4 nitrogen and oxygen atoms in total. The molecule has 1 saturated heterocycles. The highest BCUT2D eigenvalue weighted by Crippen LogP contribution is 2.22. The van der Waals surface area contributed by atoms with E-state index in [-0.39, 0.29) is 17.9 Å². The summed E-state index contributed by atoms with van der Waals surface area (Å²) in [6.07, 6.45) is 0. The number of hydrogen-bond acceptors (Lipinski definition) is 4. The van der Waals surface area contributed by atoms with E-state index in [2.05, 4.69) is 23.2 Å². The van der Waals surface area contributed by atoms with E-state index in [0.29, 0.717) is 0 Å². The predicted octanol–water partition coefficient (Wildman–Crippen LogP) is 2.47. The zero-order valence-corrected chi connectivity index (χ0v) is 14.6. The minimum absolute atomic E-state index is 0.00961. The van der Waals surface area contributed by atoms with Crippen molar-refractivity contribution in [3.63, 3.8) is 0 Å². The monoisotopic (exact) mass is 321 g/mol. The Morgan fingerprint density at radius 3 is 2.68 bits per heavy atom. The molecule has 1 aromatic rings. The fraction of sp³-hybridized carbons (Fsp3) is 0.588. The summed E-state index contributed by atoms with van der Waals surface area (Å²) in [5, 5.41) is 3.03. The first-order chi connectivity index (χ1) is 10.5. The van der Waals surface area contributed by atoms with Crippen molar-refractivity contribution in [3.05, 3.63) is 29.3 Å². The van der Waals surface area contributed by atoms with E-state index in [0.717, 1.165) is 30.9 Å². The summed E-state index contributed by atoms with van der Waals surface area (Å²) in [6.45, 7) is 9.05. The number of nitrogens with one attached hydrogen (secondary N) is 1. The topological polar surface area (TPSA) is 58.4 Å². The van der Waals surface area contributed by atoms with Gasteiger partial charge in [-0.3, -0.25) is 9.69 Å². The number of nitrogens with zero attached hydrogens (tertiary/aromatic N) is 1. The first-order valence-corrected chi connectivity index (χ1v) is 9.09. The highest BCUT2D eigenvalue weighted by molar-refractivity contribution is 7.99. The van der Waals surface area contributed by atoms with Gasteiger partial charge in [0.05, 0.1) is 5.92 Å². The van der Waals surface area contributed by atoms with Gasteiger partial charge in [0, 0.05) is 42.9 Å². The Bertz CT molecular complexity index is 513. The molecule has 0 radical (unpaired) electrons. The minimum Gasteiger partial charge on any atom is -0.327 e. The lowest BCUT2D eigenvalue weighted by atomic mass is 10.0. The number of thioether (sulfide) groups is 1. The van der Waals surface area contributed by atoms with Crippen LogP contribution >= 0.6 is 11.8 Å². The third kappa shape index (κ3) is 4.48. The highest BCUT2D eigenvalue weighted by Gasteiger charge is 2.18. The fourth-order valence-corrected chi connectivity index (χ4v) is 3.45. The summed E-state index contributed by atoms with van der Waals surface area (Å²) < 4.78 is 0. The van der Waals surface area contributed by atoms with Gasteiger partial charge in [0.25, 0.3) is 0 Å². The Labute approximate surface area is 137 Å². The van der Waals surface area contributed by atoms with Crippen molar-refractivity contribution in [1.29, 1.82) is 0 Å². The predicted molar refractivity (Wildman–Crippen MR) is 95.2 cm³/mol. The molecule has 3 N–H and O–H groups in total. The van der Waals surface area contributed by atoms with E-state index in [9.17, 15) is 4.79 Å². The molecule has 0 bridgehead atoms. The van der Waals surface area contributed by atoms with Gasteiger partial charge in [0.2, 0.25) is 5.91 Å². The van der Waals surface area contributed by atoms with Gasteiger partial charge < -0.3 is 11.1 Å². The maximum atomic E-state index is 12.2. The number of hydrogen-bond donors (Lipinski definition) is 2. The average molecular weight is 321 g/mol. The molecule has 1 aromatic carbocycles. The maximum absolute atomic E-state index is 12.2. The van der Waals surface area contributed by atoms with Crippen molar-refractivity contribution in [3.8, 4) is 0 Å². The van der Waals surface area contributed by atoms with E-state index in [4.69, 9.17) is 5.73 Å². The summed E-state index contributed by atoms with van der Waals surface area (Å²) in [5.74, 6) is 2.22. The molecule has 0 saturated carbocycles. The van der Waals surface area contributed by atoms with Gasteiger partial charge in [-0.2, -0.15) is 11.8 Å². The number of nitrogens with two attached hydrogens (primary N) is 1. The SMILES string of the molecule is Cc1c(CN2CCSCC2)cccc1NC(=O)C(C)C(C)N. The Kier molecular flexibility index (Phi) is 6.29. The van der Waals surface area contributed by atoms with Crippen LogP contribution in [0.25, 0.3) is 0 Å². The molecular formula is C17H27N3OS. The van der Waals surface area contributed by atoms with Crippen LogP contribution in [0.2, 0.25) is 0 Å². The lowest BCUT2D eigenvalue weighted by molar-refractivity contribution is -0.119. The average Bonchev–Trinajstić information content (AvgIpc) is 2.51. The number of rotatable bonds is 5. The minimum atomic E-state index is -0.192. The molecule has 1 amide bonds. The highest BCUT2D eigenvalue weighted by atomic mass is 32.2. The summed E-state index contributed by atoms with van der Waals surface area (Å²) in [5.41, 5.74) is 9.16. The van der Waals surface area contributed by atoms with Crippen LogP contribution in [-0.4, -0.2) is 41.4 Å². The van der Waals surface area contributed by atoms with Gasteiger partial charge in [0.1, 0.15) is 0 Å². The van der Waals surface area contributed by atoms with Crippen LogP contribution < -0.4 is 11.1 Å². The van der Waals surface area contributed by atoms with Crippen LogP contribution in [0.4, 0.5) is 5.69 Å². The number of amides is 1. The quantitative estimate of drug-likeness (QED) is 0.875. The summed E-state index contributed by atoms with van der Waals surface area (Å²) in [7, 11) is 0. The number of benzene rings is 1. The third-order valence-corrected chi connectivity index (χ3v) is 5.35. The number of carbonyl (C=O) groups is 1. The van der Waals surface area contributed by atoms with E-state index in [1.54, 1.807) is 0 Å². The van der Waals surface area contributed by atoms with Crippen LogP contribution in [-0.2, 0) is 11.3 Å². The van der Waals surface area contributed by atoms with Crippen LogP contribution in [0.1, 0.15) is 25.0 Å². The normalized spacial score (nSPS) is 18.7.